The molecule has 2 aromatic heterocycles. The lowest BCUT2D eigenvalue weighted by Crippen LogP contribution is -1.84. The molecule has 7 heteroatoms. The fourth-order valence-electron chi connectivity index (χ4n) is 1.15. The van der Waals surface area contributed by atoms with Crippen molar-refractivity contribution in [3.63, 3.8) is 0 Å². The molecule has 86 valence electrons. The van der Waals surface area contributed by atoms with Gasteiger partial charge in [0.1, 0.15) is 0 Å². The van der Waals surface area contributed by atoms with E-state index in [0.717, 1.165) is 10.0 Å². The Morgan fingerprint density at radius 1 is 1.47 bits per heavy atom. The molecule has 0 radical (unpaired) electrons. The zero-order valence-electron chi connectivity index (χ0n) is 8.63. The number of halogens is 1. The average Bonchev–Trinajstić information content (AvgIpc) is 2.78. The summed E-state index contributed by atoms with van der Waals surface area (Å²) >= 11 is 4.76. The third kappa shape index (κ3) is 3.28. The van der Waals surface area contributed by atoms with E-state index in [1.54, 1.807) is 12.4 Å². The van der Waals surface area contributed by atoms with Gasteiger partial charge in [0.15, 0.2) is 0 Å². The van der Waals surface area contributed by atoms with Gasteiger partial charge in [0.05, 0.1) is 17.6 Å². The van der Waals surface area contributed by atoms with E-state index in [0.29, 0.717) is 23.2 Å². The molecule has 0 N–H and O–H groups in total. The Bertz CT molecular complexity index is 551. The summed E-state index contributed by atoms with van der Waals surface area (Å²) in [6, 6.07) is 3.91. The predicted octanol–water partition coefficient (Wildman–Crippen LogP) is 2.65. The Hall–Kier alpha value is -1.39. The van der Waals surface area contributed by atoms with Crippen molar-refractivity contribution in [2.24, 2.45) is 0 Å². The second-order valence-corrected chi connectivity index (χ2v) is 4.96. The van der Waals surface area contributed by atoms with Gasteiger partial charge < -0.3 is 4.52 Å². The summed E-state index contributed by atoms with van der Waals surface area (Å²) in [5, 5.41) is 12.3. The monoisotopic (exact) mass is 310 g/mol. The van der Waals surface area contributed by atoms with Gasteiger partial charge in [0, 0.05) is 22.4 Å². The molecule has 2 aromatic rings. The summed E-state index contributed by atoms with van der Waals surface area (Å²) in [5.74, 6) is 1.98. The van der Waals surface area contributed by atoms with Crippen molar-refractivity contribution in [1.29, 1.82) is 5.26 Å². The number of hydrogen-bond donors (Lipinski definition) is 0. The number of nitriles is 1. The Kier molecular flexibility index (Phi) is 4.12. The molecule has 0 atom stereocenters. The lowest BCUT2D eigenvalue weighted by atomic mass is 10.3. The Morgan fingerprint density at radius 2 is 2.35 bits per heavy atom. The van der Waals surface area contributed by atoms with Crippen molar-refractivity contribution < 1.29 is 4.52 Å². The molecule has 0 aliphatic rings. The first-order chi connectivity index (χ1) is 8.29. The highest BCUT2D eigenvalue weighted by Gasteiger charge is 2.09. The van der Waals surface area contributed by atoms with E-state index in [9.17, 15) is 0 Å². The average molecular weight is 311 g/mol. The predicted molar refractivity (Wildman–Crippen MR) is 67.0 cm³/mol. The number of hydrogen-bond acceptors (Lipinski definition) is 6. The van der Waals surface area contributed by atoms with Crippen molar-refractivity contribution >= 4 is 27.7 Å². The minimum Gasteiger partial charge on any atom is -0.338 e. The topological polar surface area (TPSA) is 75.6 Å². The van der Waals surface area contributed by atoms with Gasteiger partial charge in [-0.25, -0.2) is 0 Å². The maximum Gasteiger partial charge on any atom is 0.236 e. The lowest BCUT2D eigenvalue weighted by Gasteiger charge is -1.93. The Labute approximate surface area is 110 Å². The summed E-state index contributed by atoms with van der Waals surface area (Å²) in [5.41, 5.74) is 0.791. The van der Waals surface area contributed by atoms with Crippen LogP contribution in [0, 0.1) is 11.3 Å². The fourth-order valence-corrected chi connectivity index (χ4v) is 2.00. The Morgan fingerprint density at radius 3 is 3.12 bits per heavy atom. The van der Waals surface area contributed by atoms with E-state index in [1.165, 1.54) is 11.8 Å². The van der Waals surface area contributed by atoms with Crippen molar-refractivity contribution in [3.05, 3.63) is 28.8 Å². The molecule has 0 spiro atoms. The van der Waals surface area contributed by atoms with Crippen LogP contribution in [-0.2, 0) is 5.75 Å². The van der Waals surface area contributed by atoms with Crippen LogP contribution in [0.2, 0.25) is 0 Å². The van der Waals surface area contributed by atoms with Gasteiger partial charge in [0.25, 0.3) is 0 Å². The van der Waals surface area contributed by atoms with Gasteiger partial charge >= 0.3 is 0 Å². The molecule has 0 aliphatic heterocycles. The summed E-state index contributed by atoms with van der Waals surface area (Å²) in [6.07, 6.45) is 3.36. The van der Waals surface area contributed by atoms with Crippen LogP contribution in [0.5, 0.6) is 0 Å². The van der Waals surface area contributed by atoms with Crippen molar-refractivity contribution in [1.82, 2.24) is 15.1 Å². The maximum absolute atomic E-state index is 8.41. The first-order valence-electron chi connectivity index (χ1n) is 4.68. The zero-order valence-corrected chi connectivity index (χ0v) is 11.0. The molecule has 0 amide bonds. The molecule has 0 saturated carbocycles. The number of pyridine rings is 1. The third-order valence-electron chi connectivity index (χ3n) is 1.82. The normalized spacial score (nSPS) is 10.1. The SMILES string of the molecule is N#CCSCc1nc(-c2cncc(Br)c2)no1. The van der Waals surface area contributed by atoms with E-state index in [1.807, 2.05) is 12.1 Å². The smallest absolute Gasteiger partial charge is 0.236 e. The minimum absolute atomic E-state index is 0.413. The highest BCUT2D eigenvalue weighted by molar-refractivity contribution is 9.10. The maximum atomic E-state index is 8.41. The molecule has 2 rings (SSSR count). The Balaban J connectivity index is 2.10. The van der Waals surface area contributed by atoms with Gasteiger partial charge in [-0.3, -0.25) is 4.98 Å². The minimum atomic E-state index is 0.413. The molecule has 0 aliphatic carbocycles. The van der Waals surface area contributed by atoms with Crippen molar-refractivity contribution in [3.8, 4) is 17.5 Å². The highest BCUT2D eigenvalue weighted by Crippen LogP contribution is 2.20. The van der Waals surface area contributed by atoms with E-state index >= 15 is 0 Å². The standard InChI is InChI=1S/C10H7BrN4OS/c11-8-3-7(4-13-5-8)10-14-9(16-15-10)6-17-2-1-12/h3-5H,2,6H2. The van der Waals surface area contributed by atoms with Crippen molar-refractivity contribution in [2.75, 3.05) is 5.75 Å². The first-order valence-corrected chi connectivity index (χ1v) is 6.62. The molecule has 0 unspecified atom stereocenters. The van der Waals surface area contributed by atoms with Crippen LogP contribution in [-0.4, -0.2) is 20.9 Å². The quantitative estimate of drug-likeness (QED) is 0.808. The summed E-state index contributed by atoms with van der Waals surface area (Å²) in [6.45, 7) is 0. The molecule has 5 nitrogen and oxygen atoms in total. The highest BCUT2D eigenvalue weighted by atomic mass is 79.9. The van der Waals surface area contributed by atoms with Gasteiger partial charge in [-0.15, -0.1) is 11.8 Å². The number of rotatable bonds is 4. The van der Waals surface area contributed by atoms with Gasteiger partial charge in [-0.05, 0) is 22.0 Å². The number of nitrogens with zero attached hydrogens (tertiary/aromatic N) is 4. The van der Waals surface area contributed by atoms with Crippen LogP contribution in [0.15, 0.2) is 27.5 Å². The van der Waals surface area contributed by atoms with Gasteiger partial charge in [-0.1, -0.05) is 5.16 Å². The zero-order chi connectivity index (χ0) is 12.1. The summed E-state index contributed by atoms with van der Waals surface area (Å²) in [7, 11) is 0. The molecular weight excluding hydrogens is 304 g/mol. The van der Waals surface area contributed by atoms with Crippen LogP contribution < -0.4 is 0 Å². The second-order valence-electron chi connectivity index (χ2n) is 3.05. The first kappa shape index (κ1) is 12.1. The van der Waals surface area contributed by atoms with Crippen molar-refractivity contribution in [2.45, 2.75) is 5.75 Å². The second kappa shape index (κ2) is 5.80. The molecule has 0 fully saturated rings. The largest absolute Gasteiger partial charge is 0.338 e. The van der Waals surface area contributed by atoms with E-state index < -0.39 is 0 Å². The van der Waals surface area contributed by atoms with E-state index in [4.69, 9.17) is 9.78 Å². The van der Waals surface area contributed by atoms with Gasteiger partial charge in [0.2, 0.25) is 11.7 Å². The van der Waals surface area contributed by atoms with Gasteiger partial charge in [-0.2, -0.15) is 10.2 Å². The fraction of sp³-hybridized carbons (Fsp3) is 0.200. The van der Waals surface area contributed by atoms with Crippen LogP contribution in [0.25, 0.3) is 11.4 Å². The molecule has 2 heterocycles. The molecular formula is C10H7BrN4OS. The van der Waals surface area contributed by atoms with E-state index in [-0.39, 0.29) is 0 Å². The summed E-state index contributed by atoms with van der Waals surface area (Å²) < 4.78 is 5.93. The number of aromatic nitrogens is 3. The molecule has 0 aromatic carbocycles. The van der Waals surface area contributed by atoms with Crippen LogP contribution in [0.3, 0.4) is 0 Å². The van der Waals surface area contributed by atoms with Crippen LogP contribution in [0.4, 0.5) is 0 Å². The molecule has 0 saturated heterocycles. The van der Waals surface area contributed by atoms with Crippen LogP contribution >= 0.6 is 27.7 Å². The van der Waals surface area contributed by atoms with Crippen LogP contribution in [0.1, 0.15) is 5.89 Å². The number of thioether (sulfide) groups is 1. The summed E-state index contributed by atoms with van der Waals surface area (Å²) in [4.78, 5) is 8.25. The third-order valence-corrected chi connectivity index (χ3v) is 3.04. The van der Waals surface area contributed by atoms with E-state index in [2.05, 4.69) is 31.1 Å². The lowest BCUT2D eigenvalue weighted by molar-refractivity contribution is 0.391. The molecule has 0 bridgehead atoms. The molecule has 17 heavy (non-hydrogen) atoms.